The lowest BCUT2D eigenvalue weighted by Crippen LogP contribution is -2.76. The number of hydrogen-bond donors (Lipinski definition) is 2. The first kappa shape index (κ1) is 37.3. The van der Waals surface area contributed by atoms with Crippen LogP contribution in [-0.2, 0) is 41.8 Å². The number of urea groups is 1. The number of benzene rings is 5. The van der Waals surface area contributed by atoms with E-state index in [0.29, 0.717) is 11.1 Å². The van der Waals surface area contributed by atoms with Crippen molar-refractivity contribution in [3.63, 3.8) is 0 Å². The summed E-state index contributed by atoms with van der Waals surface area (Å²) in [5, 5.41) is 22.0. The van der Waals surface area contributed by atoms with E-state index in [2.05, 4.69) is 10.5 Å². The number of piperazine rings is 1. The maximum atomic E-state index is 14.6. The number of carbonyl (C=O) groups is 3. The second kappa shape index (κ2) is 15.5. The van der Waals surface area contributed by atoms with Crippen molar-refractivity contribution in [1.82, 2.24) is 30.3 Å². The lowest BCUT2D eigenvalue weighted by molar-refractivity contribution is -0.193. The molecule has 57 heavy (non-hydrogen) atoms. The summed E-state index contributed by atoms with van der Waals surface area (Å²) in [6, 6.07) is 34.1. The van der Waals surface area contributed by atoms with Crippen LogP contribution in [0.1, 0.15) is 28.0 Å². The molecule has 14 heteroatoms. The Morgan fingerprint density at radius 2 is 1.56 bits per heavy atom. The number of aromatic hydroxyl groups is 1. The van der Waals surface area contributed by atoms with Crippen molar-refractivity contribution in [2.24, 2.45) is 0 Å². The average Bonchev–Trinajstić information content (AvgIpc) is 3.68. The Hall–Kier alpha value is -6.67. The van der Waals surface area contributed by atoms with Crippen molar-refractivity contribution >= 4 is 28.6 Å². The lowest BCUT2D eigenvalue weighted by atomic mass is 9.97. The summed E-state index contributed by atoms with van der Waals surface area (Å²) in [6.45, 7) is -0.0114. The number of phenolic OH excluding ortho intramolecular Hbond substituents is 1. The van der Waals surface area contributed by atoms with Crippen LogP contribution in [0.3, 0.4) is 0 Å². The number of phenols is 1. The molecule has 1 aromatic heterocycles. The zero-order valence-electron chi connectivity index (χ0n) is 30.5. The Labute approximate surface area is 325 Å². The molecule has 6 aromatic rings. The predicted molar refractivity (Wildman–Crippen MR) is 203 cm³/mol. The normalized spacial score (nSPS) is 17.6. The van der Waals surface area contributed by atoms with E-state index in [0.717, 1.165) is 34.0 Å². The van der Waals surface area contributed by atoms with Crippen LogP contribution in [0.4, 0.5) is 18.0 Å². The van der Waals surface area contributed by atoms with Crippen LogP contribution in [0.2, 0.25) is 0 Å². The highest BCUT2D eigenvalue weighted by molar-refractivity contribution is 5.92. The maximum Gasteiger partial charge on any atom is 0.416 e. The number of nitrogens with one attached hydrogen (secondary N) is 1. The van der Waals surface area contributed by atoms with Gasteiger partial charge in [-0.25, -0.2) is 9.80 Å². The molecule has 2 saturated heterocycles. The van der Waals surface area contributed by atoms with E-state index >= 15 is 0 Å². The largest absolute Gasteiger partial charge is 0.508 e. The molecule has 0 unspecified atom stereocenters. The zero-order chi connectivity index (χ0) is 39.7. The number of fused-ring (bicyclic) bond motifs is 2. The maximum absolute atomic E-state index is 14.6. The first-order valence-corrected chi connectivity index (χ1v) is 18.4. The molecule has 0 bridgehead atoms. The lowest BCUT2D eigenvalue weighted by Gasteiger charge is -2.55. The number of hydrazine groups is 1. The van der Waals surface area contributed by atoms with Crippen LogP contribution in [0.15, 0.2) is 132 Å². The Bertz CT molecular complexity index is 2400. The van der Waals surface area contributed by atoms with Crippen LogP contribution in [0.25, 0.3) is 22.0 Å². The van der Waals surface area contributed by atoms with Crippen molar-refractivity contribution in [3.8, 4) is 17.0 Å². The van der Waals surface area contributed by atoms with Crippen LogP contribution in [0, 0.1) is 0 Å². The molecule has 290 valence electrons. The predicted octanol–water partition coefficient (Wildman–Crippen LogP) is 6.97. The summed E-state index contributed by atoms with van der Waals surface area (Å²) in [7, 11) is 0. The first-order chi connectivity index (χ1) is 27.5. The fourth-order valence-corrected chi connectivity index (χ4v) is 7.55. The van der Waals surface area contributed by atoms with Gasteiger partial charge in [-0.1, -0.05) is 102 Å². The highest BCUT2D eigenvalue weighted by Gasteiger charge is 2.51. The molecule has 5 aromatic carbocycles. The van der Waals surface area contributed by atoms with Gasteiger partial charge in [0.25, 0.3) is 0 Å². The summed E-state index contributed by atoms with van der Waals surface area (Å²) < 4.78 is 45.3. The van der Waals surface area contributed by atoms with Gasteiger partial charge in [0, 0.05) is 31.1 Å². The Morgan fingerprint density at radius 1 is 0.842 bits per heavy atom. The van der Waals surface area contributed by atoms with Crippen molar-refractivity contribution in [1.29, 1.82) is 0 Å². The second-order valence-electron chi connectivity index (χ2n) is 14.1. The summed E-state index contributed by atoms with van der Waals surface area (Å²) in [5.41, 5.74) is 2.33. The fourth-order valence-electron chi connectivity index (χ4n) is 7.55. The van der Waals surface area contributed by atoms with Crippen molar-refractivity contribution in [2.45, 2.75) is 44.4 Å². The average molecular weight is 775 g/mol. The van der Waals surface area contributed by atoms with Gasteiger partial charge < -0.3 is 24.7 Å². The van der Waals surface area contributed by atoms with Crippen molar-refractivity contribution in [3.05, 3.63) is 155 Å². The number of alkyl halides is 3. The van der Waals surface area contributed by atoms with Crippen LogP contribution in [0.5, 0.6) is 5.75 Å². The monoisotopic (exact) mass is 774 g/mol. The van der Waals surface area contributed by atoms with E-state index in [1.54, 1.807) is 28.1 Å². The molecule has 2 fully saturated rings. The van der Waals surface area contributed by atoms with Gasteiger partial charge in [0.2, 0.25) is 11.8 Å². The molecule has 0 aliphatic carbocycles. The van der Waals surface area contributed by atoms with Gasteiger partial charge in [-0.2, -0.15) is 18.2 Å². The third-order valence-electron chi connectivity index (χ3n) is 10.3. The number of carbonyl (C=O) groups excluding carboxylic acids is 3. The molecule has 0 spiro atoms. The van der Waals surface area contributed by atoms with Crippen LogP contribution in [-0.4, -0.2) is 73.2 Å². The Morgan fingerprint density at radius 3 is 2.32 bits per heavy atom. The standard InChI is InChI=1S/C43H37F3N6O5/c44-43(45,46)33-17-15-31(16-18-33)37-22-35(57-48-37)25-50-27-40(54)51-38(21-28-13-19-34(53)20-14-28)41(55)49(24-32-11-6-10-30-9-4-5-12-36(30)32)26-39(51)52(50)42(56)47-23-29-7-2-1-3-8-29/h1-20,22,38-39,53H,21,23-27H2,(H,47,56)/t38-,39-/m0/s1. The molecular weight excluding hydrogens is 738 g/mol. The van der Waals surface area contributed by atoms with E-state index in [1.165, 1.54) is 34.2 Å². The second-order valence-corrected chi connectivity index (χ2v) is 14.1. The van der Waals surface area contributed by atoms with Gasteiger partial charge in [-0.15, -0.1) is 0 Å². The number of amides is 4. The molecule has 4 amide bonds. The van der Waals surface area contributed by atoms with E-state index in [9.17, 15) is 32.7 Å². The summed E-state index contributed by atoms with van der Waals surface area (Å²) in [5.74, 6) is -0.358. The molecule has 8 rings (SSSR count). The molecule has 0 saturated carbocycles. The molecule has 0 radical (unpaired) electrons. The Balaban J connectivity index is 1.15. The van der Waals surface area contributed by atoms with Crippen LogP contribution < -0.4 is 5.32 Å². The van der Waals surface area contributed by atoms with Gasteiger partial charge in [0.15, 0.2) is 5.76 Å². The van der Waals surface area contributed by atoms with Crippen molar-refractivity contribution in [2.75, 3.05) is 13.1 Å². The molecule has 2 aliphatic rings. The SMILES string of the molecule is O=C1[C@H](Cc2ccc(O)cc2)N2C(=O)CN(Cc3cc(-c4ccc(C(F)(F)F)cc4)no3)N(C(=O)NCc3ccccc3)[C@H]2CN1Cc1cccc2ccccc12. The zero-order valence-corrected chi connectivity index (χ0v) is 30.5. The molecule has 2 N–H and O–H groups in total. The number of hydrogen-bond acceptors (Lipinski definition) is 7. The van der Waals surface area contributed by atoms with Crippen molar-refractivity contribution < 1.29 is 37.2 Å². The number of rotatable bonds is 9. The highest BCUT2D eigenvalue weighted by Crippen LogP contribution is 2.33. The third kappa shape index (κ3) is 7.89. The molecule has 3 heterocycles. The molecular formula is C43H37F3N6O5. The van der Waals surface area contributed by atoms with E-state index in [-0.39, 0.29) is 62.3 Å². The Kier molecular flexibility index (Phi) is 10.1. The van der Waals surface area contributed by atoms with Gasteiger partial charge in [-0.05, 0) is 51.7 Å². The number of halogens is 3. The minimum Gasteiger partial charge on any atom is -0.508 e. The van der Waals surface area contributed by atoms with Gasteiger partial charge >= 0.3 is 12.2 Å². The molecule has 11 nitrogen and oxygen atoms in total. The summed E-state index contributed by atoms with van der Waals surface area (Å²) in [4.78, 5) is 46.5. The molecule has 2 atom stereocenters. The first-order valence-electron chi connectivity index (χ1n) is 18.4. The summed E-state index contributed by atoms with van der Waals surface area (Å²) in [6.07, 6.45) is -5.32. The third-order valence-corrected chi connectivity index (χ3v) is 10.3. The fraction of sp³-hybridized carbons (Fsp3) is 0.209. The summed E-state index contributed by atoms with van der Waals surface area (Å²) >= 11 is 0. The minimum atomic E-state index is -4.50. The van der Waals surface area contributed by atoms with Crippen LogP contribution >= 0.6 is 0 Å². The van der Waals surface area contributed by atoms with E-state index in [4.69, 9.17) is 4.52 Å². The van der Waals surface area contributed by atoms with Gasteiger partial charge in [0.05, 0.1) is 25.2 Å². The minimum absolute atomic E-state index is 0.0116. The quantitative estimate of drug-likeness (QED) is 0.163. The van der Waals surface area contributed by atoms with Gasteiger partial charge in [-0.3, -0.25) is 9.59 Å². The molecule has 2 aliphatic heterocycles. The van der Waals surface area contributed by atoms with E-state index < -0.39 is 35.9 Å². The highest BCUT2D eigenvalue weighted by atomic mass is 19.4. The van der Waals surface area contributed by atoms with Gasteiger partial charge in [0.1, 0.15) is 23.7 Å². The number of aromatic nitrogens is 1. The topological polar surface area (TPSA) is 122 Å². The van der Waals surface area contributed by atoms with E-state index in [1.807, 2.05) is 72.8 Å². The number of nitrogens with zero attached hydrogens (tertiary/aromatic N) is 5. The smallest absolute Gasteiger partial charge is 0.416 e.